The molecule has 2 aromatic heterocycles. The van der Waals surface area contributed by atoms with E-state index in [1.54, 1.807) is 0 Å². The van der Waals surface area contributed by atoms with Gasteiger partial charge in [0.1, 0.15) is 5.82 Å². The molecule has 4 nitrogen and oxygen atoms in total. The highest BCUT2D eigenvalue weighted by atomic mass is 15.1. The molecule has 0 radical (unpaired) electrons. The molecule has 0 aliphatic heterocycles. The predicted octanol–water partition coefficient (Wildman–Crippen LogP) is 6.65. The van der Waals surface area contributed by atoms with Gasteiger partial charge in [-0.05, 0) is 66.9 Å². The fraction of sp³-hybridized carbons (Fsp3) is 0.100. The van der Waals surface area contributed by atoms with E-state index in [1.165, 1.54) is 10.8 Å². The minimum absolute atomic E-state index is 0.512. The summed E-state index contributed by atoms with van der Waals surface area (Å²) in [6.45, 7) is 4.67. The first-order valence-corrected chi connectivity index (χ1v) is 11.5. The Morgan fingerprint density at radius 1 is 0.882 bits per heavy atom. The minimum Gasteiger partial charge on any atom is -0.398 e. The second-order valence-corrected chi connectivity index (χ2v) is 8.51. The van der Waals surface area contributed by atoms with Crippen LogP contribution < -0.4 is 11.5 Å². The molecule has 2 heterocycles. The lowest BCUT2D eigenvalue weighted by Gasteiger charge is -2.15. The average Bonchev–Trinajstić information content (AvgIpc) is 3.17. The number of allylic oxidation sites excluding steroid dienone is 3. The van der Waals surface area contributed by atoms with Gasteiger partial charge in [0.25, 0.3) is 0 Å². The van der Waals surface area contributed by atoms with Crippen LogP contribution in [0.2, 0.25) is 0 Å². The van der Waals surface area contributed by atoms with Crippen LogP contribution >= 0.6 is 0 Å². The molecule has 0 unspecified atom stereocenters. The van der Waals surface area contributed by atoms with Gasteiger partial charge < -0.3 is 11.5 Å². The van der Waals surface area contributed by atoms with Crippen LogP contribution in [0.25, 0.3) is 44.3 Å². The Morgan fingerprint density at radius 2 is 1.68 bits per heavy atom. The van der Waals surface area contributed by atoms with Crippen LogP contribution in [0.15, 0.2) is 97.1 Å². The summed E-state index contributed by atoms with van der Waals surface area (Å²) in [6.07, 6.45) is 6.07. The maximum absolute atomic E-state index is 6.46. The number of anilines is 1. The number of aryl methyl sites for hydroxylation is 1. The quantitative estimate of drug-likeness (QED) is 0.235. The first-order valence-electron chi connectivity index (χ1n) is 11.5. The number of hydrogen-bond donors (Lipinski definition) is 2. The van der Waals surface area contributed by atoms with Crippen molar-refractivity contribution in [3.8, 4) is 16.9 Å². The van der Waals surface area contributed by atoms with Crippen LogP contribution in [-0.2, 0) is 0 Å². The zero-order valence-corrected chi connectivity index (χ0v) is 19.5. The van der Waals surface area contributed by atoms with Crippen molar-refractivity contribution in [2.24, 2.45) is 5.73 Å². The fourth-order valence-corrected chi connectivity index (χ4v) is 4.59. The van der Waals surface area contributed by atoms with Crippen molar-refractivity contribution in [1.82, 2.24) is 9.55 Å². The number of benzene rings is 3. The second kappa shape index (κ2) is 9.00. The Kier molecular flexibility index (Phi) is 5.74. The Hall–Kier alpha value is -4.15. The van der Waals surface area contributed by atoms with Gasteiger partial charge in [-0.2, -0.15) is 0 Å². The highest BCUT2D eigenvalue weighted by Crippen LogP contribution is 2.40. The van der Waals surface area contributed by atoms with Crippen LogP contribution in [0.3, 0.4) is 0 Å². The molecule has 0 amide bonds. The number of fused-ring (bicyclic) bond motifs is 3. The number of nitrogen functional groups attached to an aromatic ring is 1. The second-order valence-electron chi connectivity index (χ2n) is 8.51. The summed E-state index contributed by atoms with van der Waals surface area (Å²) in [5.41, 5.74) is 20.5. The van der Waals surface area contributed by atoms with Crippen LogP contribution in [0.5, 0.6) is 0 Å². The lowest BCUT2D eigenvalue weighted by molar-refractivity contribution is 1.05. The van der Waals surface area contributed by atoms with Crippen LogP contribution in [0.4, 0.5) is 5.69 Å². The lowest BCUT2D eigenvalue weighted by Crippen LogP contribution is -1.99. The number of aromatic nitrogens is 2. The number of rotatable bonds is 5. The third-order valence-corrected chi connectivity index (χ3v) is 6.21. The average molecular weight is 445 g/mol. The molecule has 0 spiro atoms. The standard InChI is InChI=1S/C30H28N4/c1-20(10-7-8-17-31)24-18-26-23-13-4-6-15-28(23)34(30-16-9-11-21(2)33-30)29(26)19-25(24)22-12-3-5-14-27(22)32/h3-16,18-19H,17,31-32H2,1-2H3/b8-7-,20-10?. The molecule has 5 aromatic rings. The fourth-order valence-electron chi connectivity index (χ4n) is 4.59. The smallest absolute Gasteiger partial charge is 0.137 e. The van der Waals surface area contributed by atoms with E-state index in [-0.39, 0.29) is 0 Å². The number of nitrogens with zero attached hydrogens (tertiary/aromatic N) is 2. The van der Waals surface area contributed by atoms with Crippen LogP contribution in [0, 0.1) is 6.92 Å². The lowest BCUT2D eigenvalue weighted by atomic mass is 9.92. The summed E-state index contributed by atoms with van der Waals surface area (Å²) >= 11 is 0. The zero-order valence-electron chi connectivity index (χ0n) is 19.5. The molecule has 34 heavy (non-hydrogen) atoms. The van der Waals surface area contributed by atoms with Gasteiger partial charge in [0.05, 0.1) is 11.0 Å². The summed E-state index contributed by atoms with van der Waals surface area (Å²) in [5, 5.41) is 2.38. The molecular formula is C30H28N4. The summed E-state index contributed by atoms with van der Waals surface area (Å²) in [6, 6.07) is 27.2. The first-order chi connectivity index (χ1) is 16.6. The molecule has 4 heteroatoms. The van der Waals surface area contributed by atoms with Crippen LogP contribution in [-0.4, -0.2) is 16.1 Å². The van der Waals surface area contributed by atoms with Crippen molar-refractivity contribution < 1.29 is 0 Å². The van der Waals surface area contributed by atoms with Crippen molar-refractivity contribution in [3.63, 3.8) is 0 Å². The van der Waals surface area contributed by atoms with Gasteiger partial charge in [-0.25, -0.2) is 4.98 Å². The van der Waals surface area contributed by atoms with E-state index in [2.05, 4.69) is 72.2 Å². The molecule has 0 saturated carbocycles. The Morgan fingerprint density at radius 3 is 2.47 bits per heavy atom. The van der Waals surface area contributed by atoms with E-state index in [0.717, 1.165) is 50.5 Å². The Labute approximate surface area is 199 Å². The maximum atomic E-state index is 6.46. The normalized spacial score (nSPS) is 12.3. The number of nitrogens with two attached hydrogens (primary N) is 2. The molecule has 168 valence electrons. The topological polar surface area (TPSA) is 69.9 Å². The predicted molar refractivity (Wildman–Crippen MR) is 145 cm³/mol. The largest absolute Gasteiger partial charge is 0.398 e. The van der Waals surface area contributed by atoms with E-state index < -0.39 is 0 Å². The molecule has 4 N–H and O–H groups in total. The molecule has 5 rings (SSSR count). The monoisotopic (exact) mass is 444 g/mol. The highest BCUT2D eigenvalue weighted by molar-refractivity contribution is 6.12. The van der Waals surface area contributed by atoms with Gasteiger partial charge in [0.2, 0.25) is 0 Å². The number of pyridine rings is 1. The molecule has 0 fully saturated rings. The van der Waals surface area contributed by atoms with Crippen LogP contribution in [0.1, 0.15) is 18.2 Å². The molecule has 0 bridgehead atoms. The van der Waals surface area contributed by atoms with Gasteiger partial charge in [0.15, 0.2) is 0 Å². The summed E-state index contributed by atoms with van der Waals surface area (Å²) in [5.74, 6) is 0.907. The third kappa shape index (κ3) is 3.78. The molecule has 0 aliphatic carbocycles. The highest BCUT2D eigenvalue weighted by Gasteiger charge is 2.18. The van der Waals surface area contributed by atoms with Gasteiger partial charge >= 0.3 is 0 Å². The van der Waals surface area contributed by atoms with Gasteiger partial charge in [-0.15, -0.1) is 0 Å². The molecular weight excluding hydrogens is 416 g/mol. The van der Waals surface area contributed by atoms with Crippen molar-refractivity contribution >= 4 is 33.1 Å². The van der Waals surface area contributed by atoms with Crippen molar-refractivity contribution in [2.75, 3.05) is 12.3 Å². The SMILES string of the molecule is CC(=C/C=C\CN)c1cc2c3ccccc3n(-c3cccc(C)n3)c2cc1-c1ccccc1N. The van der Waals surface area contributed by atoms with Gasteiger partial charge in [-0.1, -0.05) is 60.7 Å². The van der Waals surface area contributed by atoms with E-state index in [0.29, 0.717) is 6.54 Å². The van der Waals surface area contributed by atoms with Gasteiger partial charge in [-0.3, -0.25) is 4.57 Å². The van der Waals surface area contributed by atoms with Crippen molar-refractivity contribution in [3.05, 3.63) is 108 Å². The first kappa shape index (κ1) is 21.7. The van der Waals surface area contributed by atoms with Crippen molar-refractivity contribution in [1.29, 1.82) is 0 Å². The minimum atomic E-state index is 0.512. The molecule has 0 atom stereocenters. The number of hydrogen-bond acceptors (Lipinski definition) is 3. The zero-order chi connectivity index (χ0) is 23.7. The summed E-state index contributed by atoms with van der Waals surface area (Å²) in [7, 11) is 0. The Balaban J connectivity index is 1.91. The van der Waals surface area contributed by atoms with Gasteiger partial charge in [0, 0.05) is 34.3 Å². The molecule has 0 aliphatic rings. The summed E-state index contributed by atoms with van der Waals surface area (Å²) < 4.78 is 2.25. The Bertz CT molecular complexity index is 1570. The number of para-hydroxylation sites is 2. The van der Waals surface area contributed by atoms with E-state index in [1.807, 2.05) is 43.3 Å². The van der Waals surface area contributed by atoms with E-state index in [9.17, 15) is 0 Å². The molecule has 3 aromatic carbocycles. The van der Waals surface area contributed by atoms with E-state index >= 15 is 0 Å². The van der Waals surface area contributed by atoms with Crippen molar-refractivity contribution in [2.45, 2.75) is 13.8 Å². The third-order valence-electron chi connectivity index (χ3n) is 6.21. The summed E-state index contributed by atoms with van der Waals surface area (Å²) in [4.78, 5) is 4.85. The molecule has 0 saturated heterocycles. The van der Waals surface area contributed by atoms with E-state index in [4.69, 9.17) is 16.5 Å². The maximum Gasteiger partial charge on any atom is 0.137 e.